The van der Waals surface area contributed by atoms with Gasteiger partial charge in [0.1, 0.15) is 0 Å². The van der Waals surface area contributed by atoms with Crippen LogP contribution in [0.15, 0.2) is 24.3 Å². The Kier molecular flexibility index (Phi) is 7.41. The highest BCUT2D eigenvalue weighted by Crippen LogP contribution is 2.20. The lowest BCUT2D eigenvalue weighted by atomic mass is 9.96. The van der Waals surface area contributed by atoms with Gasteiger partial charge in [0.15, 0.2) is 5.11 Å². The first-order chi connectivity index (χ1) is 13.1. The van der Waals surface area contributed by atoms with Gasteiger partial charge in [-0.25, -0.2) is 0 Å². The molecule has 2 rings (SSSR count). The van der Waals surface area contributed by atoms with Gasteiger partial charge >= 0.3 is 0 Å². The van der Waals surface area contributed by atoms with Crippen LogP contribution in [0.3, 0.4) is 0 Å². The van der Waals surface area contributed by atoms with E-state index in [4.69, 9.17) is 12.2 Å². The summed E-state index contributed by atoms with van der Waals surface area (Å²) in [4.78, 5) is 28.4. The lowest BCUT2D eigenvalue weighted by Gasteiger charge is -2.36. The van der Waals surface area contributed by atoms with Gasteiger partial charge in [-0.3, -0.25) is 9.59 Å². The number of amides is 2. The average molecular weight is 405 g/mol. The van der Waals surface area contributed by atoms with Crippen molar-refractivity contribution >= 4 is 40.5 Å². The van der Waals surface area contributed by atoms with Crippen LogP contribution in [0.1, 0.15) is 41.0 Å². The maximum absolute atomic E-state index is 12.2. The van der Waals surface area contributed by atoms with E-state index in [0.717, 1.165) is 37.6 Å². The largest absolute Gasteiger partial charge is 0.368 e. The number of hydrogen-bond acceptors (Lipinski definition) is 4. The number of nitrogens with one attached hydrogen (secondary N) is 2. The zero-order valence-corrected chi connectivity index (χ0v) is 18.4. The predicted octanol–water partition coefficient (Wildman–Crippen LogP) is 3.24. The SMILES string of the molecule is CC(C)CC(=O)N1CCN(c2ccc(NC(=S)NC(=O)C(C)(C)C)cc2)CC1. The molecular weight excluding hydrogens is 372 g/mol. The summed E-state index contributed by atoms with van der Waals surface area (Å²) in [6.07, 6.45) is 0.617. The Hall–Kier alpha value is -2.15. The second kappa shape index (κ2) is 9.37. The van der Waals surface area contributed by atoms with Crippen LogP contribution >= 0.6 is 12.2 Å². The highest BCUT2D eigenvalue weighted by Gasteiger charge is 2.23. The zero-order valence-electron chi connectivity index (χ0n) is 17.5. The Morgan fingerprint density at radius 1 is 1.07 bits per heavy atom. The Balaban J connectivity index is 1.85. The molecule has 0 unspecified atom stereocenters. The molecular formula is C21H32N4O2S. The molecule has 0 spiro atoms. The second-order valence-corrected chi connectivity index (χ2v) is 9.08. The predicted molar refractivity (Wildman–Crippen MR) is 119 cm³/mol. The van der Waals surface area contributed by atoms with Gasteiger partial charge in [-0.1, -0.05) is 34.6 Å². The number of carbonyl (C=O) groups excluding carboxylic acids is 2. The molecule has 1 aromatic carbocycles. The van der Waals surface area contributed by atoms with E-state index in [1.165, 1.54) is 0 Å². The fraction of sp³-hybridized carbons (Fsp3) is 0.571. The monoisotopic (exact) mass is 404 g/mol. The molecule has 0 radical (unpaired) electrons. The van der Waals surface area contributed by atoms with Gasteiger partial charge in [0, 0.05) is 49.4 Å². The molecule has 1 aliphatic heterocycles. The normalized spacial score (nSPS) is 14.8. The molecule has 0 bridgehead atoms. The van der Waals surface area contributed by atoms with Crippen LogP contribution in [0.4, 0.5) is 11.4 Å². The molecule has 7 heteroatoms. The summed E-state index contributed by atoms with van der Waals surface area (Å²) in [6, 6.07) is 7.95. The minimum absolute atomic E-state index is 0.119. The Morgan fingerprint density at radius 2 is 1.64 bits per heavy atom. The number of benzene rings is 1. The van der Waals surface area contributed by atoms with Crippen molar-refractivity contribution in [1.29, 1.82) is 0 Å². The summed E-state index contributed by atoms with van der Waals surface area (Å²) in [5.41, 5.74) is 1.45. The summed E-state index contributed by atoms with van der Waals surface area (Å²) in [6.45, 7) is 12.9. The summed E-state index contributed by atoms with van der Waals surface area (Å²) in [7, 11) is 0. The fourth-order valence-corrected chi connectivity index (χ4v) is 3.11. The number of rotatable bonds is 4. The number of piperazine rings is 1. The minimum atomic E-state index is -0.492. The Bertz CT molecular complexity index is 702. The number of hydrogen-bond donors (Lipinski definition) is 2. The standard InChI is InChI=1S/C21H32N4O2S/c1-15(2)14-18(26)25-12-10-24(11-13-25)17-8-6-16(7-9-17)22-20(28)23-19(27)21(3,4)5/h6-9,15H,10-14H2,1-5H3,(H2,22,23,27,28). The lowest BCUT2D eigenvalue weighted by Crippen LogP contribution is -2.49. The molecule has 0 atom stereocenters. The molecule has 0 saturated carbocycles. The molecule has 154 valence electrons. The van der Waals surface area contributed by atoms with Gasteiger partial charge in [-0.2, -0.15) is 0 Å². The van der Waals surface area contributed by atoms with Gasteiger partial charge in [-0.15, -0.1) is 0 Å². The van der Waals surface area contributed by atoms with Gasteiger partial charge in [0.05, 0.1) is 0 Å². The number of anilines is 2. The third kappa shape index (κ3) is 6.48. The third-order valence-electron chi connectivity index (χ3n) is 4.61. The smallest absolute Gasteiger partial charge is 0.231 e. The van der Waals surface area contributed by atoms with Crippen LogP contribution in [-0.2, 0) is 9.59 Å². The zero-order chi connectivity index (χ0) is 20.9. The Labute approximate surface area is 173 Å². The van der Waals surface area contributed by atoms with Crippen LogP contribution in [0.5, 0.6) is 0 Å². The van der Waals surface area contributed by atoms with E-state index in [1.54, 1.807) is 0 Å². The number of thiocarbonyl (C=S) groups is 1. The molecule has 1 aromatic rings. The van der Waals surface area contributed by atoms with Crippen molar-refractivity contribution in [3.63, 3.8) is 0 Å². The van der Waals surface area contributed by atoms with Crippen molar-refractivity contribution in [3.8, 4) is 0 Å². The van der Waals surface area contributed by atoms with Crippen LogP contribution < -0.4 is 15.5 Å². The van der Waals surface area contributed by atoms with E-state index < -0.39 is 5.41 Å². The molecule has 2 amide bonds. The van der Waals surface area contributed by atoms with Gasteiger partial charge < -0.3 is 20.4 Å². The van der Waals surface area contributed by atoms with Crippen molar-refractivity contribution in [1.82, 2.24) is 10.2 Å². The van der Waals surface area contributed by atoms with E-state index in [0.29, 0.717) is 17.5 Å². The topological polar surface area (TPSA) is 64.7 Å². The van der Waals surface area contributed by atoms with Crippen molar-refractivity contribution in [2.45, 2.75) is 41.0 Å². The third-order valence-corrected chi connectivity index (χ3v) is 4.82. The molecule has 0 aliphatic carbocycles. The first-order valence-electron chi connectivity index (χ1n) is 9.81. The quantitative estimate of drug-likeness (QED) is 0.755. The van der Waals surface area contributed by atoms with Crippen molar-refractivity contribution in [2.75, 3.05) is 36.4 Å². The molecule has 1 aliphatic rings. The van der Waals surface area contributed by atoms with Crippen molar-refractivity contribution in [3.05, 3.63) is 24.3 Å². The molecule has 1 fully saturated rings. The van der Waals surface area contributed by atoms with E-state index in [2.05, 4.69) is 29.4 Å². The minimum Gasteiger partial charge on any atom is -0.368 e. The lowest BCUT2D eigenvalue weighted by molar-refractivity contribution is -0.132. The first kappa shape index (κ1) is 22.1. The molecule has 1 heterocycles. The Morgan fingerprint density at radius 3 is 2.14 bits per heavy atom. The fourth-order valence-electron chi connectivity index (χ4n) is 2.90. The summed E-state index contributed by atoms with van der Waals surface area (Å²) >= 11 is 5.22. The maximum atomic E-state index is 12.2. The second-order valence-electron chi connectivity index (χ2n) is 8.67. The van der Waals surface area contributed by atoms with Crippen molar-refractivity contribution < 1.29 is 9.59 Å². The highest BCUT2D eigenvalue weighted by molar-refractivity contribution is 7.80. The number of nitrogens with zero attached hydrogens (tertiary/aromatic N) is 2. The van der Waals surface area contributed by atoms with Crippen LogP contribution in [-0.4, -0.2) is 48.0 Å². The summed E-state index contributed by atoms with van der Waals surface area (Å²) < 4.78 is 0. The van der Waals surface area contributed by atoms with E-state index >= 15 is 0 Å². The molecule has 0 aromatic heterocycles. The summed E-state index contributed by atoms with van der Waals surface area (Å²) in [5, 5.41) is 6.05. The average Bonchev–Trinajstić information content (AvgIpc) is 2.61. The van der Waals surface area contributed by atoms with Crippen LogP contribution in [0.25, 0.3) is 0 Å². The maximum Gasteiger partial charge on any atom is 0.231 e. The number of carbonyl (C=O) groups is 2. The van der Waals surface area contributed by atoms with Gasteiger partial charge in [-0.05, 0) is 42.4 Å². The molecule has 1 saturated heterocycles. The summed E-state index contributed by atoms with van der Waals surface area (Å²) in [5.74, 6) is 0.524. The van der Waals surface area contributed by atoms with Crippen LogP contribution in [0, 0.1) is 11.3 Å². The molecule has 6 nitrogen and oxygen atoms in total. The highest BCUT2D eigenvalue weighted by atomic mass is 32.1. The van der Waals surface area contributed by atoms with Crippen LogP contribution in [0.2, 0.25) is 0 Å². The van der Waals surface area contributed by atoms with Crippen molar-refractivity contribution in [2.24, 2.45) is 11.3 Å². The van der Waals surface area contributed by atoms with E-state index in [-0.39, 0.29) is 11.8 Å². The van der Waals surface area contributed by atoms with Gasteiger partial charge in [0.25, 0.3) is 0 Å². The molecule has 2 N–H and O–H groups in total. The molecule has 28 heavy (non-hydrogen) atoms. The van der Waals surface area contributed by atoms with Gasteiger partial charge in [0.2, 0.25) is 11.8 Å². The first-order valence-corrected chi connectivity index (χ1v) is 10.2. The van der Waals surface area contributed by atoms with E-state index in [1.807, 2.05) is 49.9 Å². The van der Waals surface area contributed by atoms with E-state index in [9.17, 15) is 9.59 Å².